The van der Waals surface area contributed by atoms with E-state index in [0.29, 0.717) is 5.69 Å². The van der Waals surface area contributed by atoms with Crippen LogP contribution in [0.4, 0.5) is 5.69 Å². The Balaban J connectivity index is 1.86. The summed E-state index contributed by atoms with van der Waals surface area (Å²) < 4.78 is 31.3. The maximum Gasteiger partial charge on any atom is 0.321 e. The van der Waals surface area contributed by atoms with E-state index in [2.05, 4.69) is 10.0 Å². The first-order valence-corrected chi connectivity index (χ1v) is 9.73. The number of ether oxygens (including phenoxy) is 1. The Bertz CT molecular complexity index is 1040. The number of nitrogens with one attached hydrogen (secondary N) is 2. The molecule has 0 unspecified atom stereocenters. The first-order chi connectivity index (χ1) is 13.2. The van der Waals surface area contributed by atoms with Gasteiger partial charge in [0.05, 0.1) is 16.1 Å². The third-order valence-corrected chi connectivity index (χ3v) is 5.28. The van der Waals surface area contributed by atoms with E-state index in [1.807, 2.05) is 13.0 Å². The predicted molar refractivity (Wildman–Crippen MR) is 102 cm³/mol. The van der Waals surface area contributed by atoms with Gasteiger partial charge in [-0.3, -0.25) is 9.59 Å². The second-order valence-electron chi connectivity index (χ2n) is 5.94. The third-order valence-electron chi connectivity index (χ3n) is 3.88. The van der Waals surface area contributed by atoms with Crippen molar-refractivity contribution in [3.05, 3.63) is 59.2 Å². The van der Waals surface area contributed by atoms with Crippen molar-refractivity contribution in [3.8, 4) is 6.07 Å². The molecule has 0 atom stereocenters. The molecule has 8 nitrogen and oxygen atoms in total. The van der Waals surface area contributed by atoms with Gasteiger partial charge in [0.2, 0.25) is 10.0 Å². The summed E-state index contributed by atoms with van der Waals surface area (Å²) in [6.07, 6.45) is 0. The lowest BCUT2D eigenvalue weighted by Gasteiger charge is -2.09. The monoisotopic (exact) mass is 401 g/mol. The molecule has 2 aromatic carbocycles. The van der Waals surface area contributed by atoms with Gasteiger partial charge in [0.25, 0.3) is 5.91 Å². The Kier molecular flexibility index (Phi) is 6.87. The highest BCUT2D eigenvalue weighted by molar-refractivity contribution is 7.89. The fourth-order valence-electron chi connectivity index (χ4n) is 2.19. The summed E-state index contributed by atoms with van der Waals surface area (Å²) >= 11 is 0. The molecule has 2 rings (SSSR count). The zero-order valence-electron chi connectivity index (χ0n) is 15.4. The van der Waals surface area contributed by atoms with Crippen LogP contribution in [0.5, 0.6) is 0 Å². The van der Waals surface area contributed by atoms with E-state index in [4.69, 9.17) is 10.00 Å². The SMILES string of the molecule is Cc1ccc(S(=O)(=O)NCC(=O)OCC(=O)Nc2ccccc2C#N)cc1C. The van der Waals surface area contributed by atoms with Gasteiger partial charge < -0.3 is 10.1 Å². The summed E-state index contributed by atoms with van der Waals surface area (Å²) in [7, 11) is -3.88. The zero-order valence-corrected chi connectivity index (χ0v) is 16.2. The van der Waals surface area contributed by atoms with Gasteiger partial charge >= 0.3 is 5.97 Å². The molecule has 0 saturated heterocycles. The number of hydrogen-bond acceptors (Lipinski definition) is 6. The minimum Gasteiger partial charge on any atom is -0.455 e. The maximum atomic E-state index is 12.2. The van der Waals surface area contributed by atoms with Crippen molar-refractivity contribution in [2.45, 2.75) is 18.7 Å². The fourth-order valence-corrected chi connectivity index (χ4v) is 3.24. The molecule has 0 aliphatic heterocycles. The van der Waals surface area contributed by atoms with Gasteiger partial charge in [0.15, 0.2) is 6.61 Å². The number of aryl methyl sites for hydroxylation is 2. The van der Waals surface area contributed by atoms with Crippen LogP contribution in [0.25, 0.3) is 0 Å². The van der Waals surface area contributed by atoms with Gasteiger partial charge in [-0.25, -0.2) is 8.42 Å². The van der Waals surface area contributed by atoms with E-state index in [9.17, 15) is 18.0 Å². The molecule has 2 N–H and O–H groups in total. The molecule has 28 heavy (non-hydrogen) atoms. The molecule has 0 aliphatic rings. The molecule has 0 spiro atoms. The normalized spacial score (nSPS) is 10.8. The van der Waals surface area contributed by atoms with Crippen LogP contribution >= 0.6 is 0 Å². The van der Waals surface area contributed by atoms with Crippen molar-refractivity contribution < 1.29 is 22.7 Å². The third kappa shape index (κ3) is 5.64. The highest BCUT2D eigenvalue weighted by Gasteiger charge is 2.17. The Morgan fingerprint density at radius 1 is 1.11 bits per heavy atom. The molecule has 0 saturated carbocycles. The zero-order chi connectivity index (χ0) is 20.7. The first kappa shape index (κ1) is 21.1. The van der Waals surface area contributed by atoms with E-state index >= 15 is 0 Å². The van der Waals surface area contributed by atoms with Gasteiger partial charge in [0, 0.05) is 0 Å². The van der Waals surface area contributed by atoms with E-state index in [1.165, 1.54) is 24.3 Å². The van der Waals surface area contributed by atoms with Gasteiger partial charge in [-0.1, -0.05) is 18.2 Å². The number of amides is 1. The van der Waals surface area contributed by atoms with Crippen LogP contribution < -0.4 is 10.0 Å². The number of para-hydroxylation sites is 1. The Morgan fingerprint density at radius 2 is 1.82 bits per heavy atom. The topological polar surface area (TPSA) is 125 Å². The van der Waals surface area contributed by atoms with Crippen LogP contribution in [-0.4, -0.2) is 33.4 Å². The largest absolute Gasteiger partial charge is 0.455 e. The minimum atomic E-state index is -3.88. The lowest BCUT2D eigenvalue weighted by molar-refractivity contribution is -0.146. The molecular formula is C19H19N3O5S. The summed E-state index contributed by atoms with van der Waals surface area (Å²) in [6, 6.07) is 12.9. The Morgan fingerprint density at radius 3 is 2.50 bits per heavy atom. The number of hydrogen-bond donors (Lipinski definition) is 2. The summed E-state index contributed by atoms with van der Waals surface area (Å²) in [5, 5.41) is 11.4. The molecule has 0 fully saturated rings. The number of carbonyl (C=O) groups is 2. The van der Waals surface area contributed by atoms with Crippen molar-refractivity contribution in [2.75, 3.05) is 18.5 Å². The number of carbonyl (C=O) groups excluding carboxylic acids is 2. The highest BCUT2D eigenvalue weighted by Crippen LogP contribution is 2.15. The van der Waals surface area contributed by atoms with Crippen molar-refractivity contribution >= 4 is 27.6 Å². The van der Waals surface area contributed by atoms with E-state index in [-0.39, 0.29) is 10.5 Å². The lowest BCUT2D eigenvalue weighted by atomic mass is 10.1. The number of nitriles is 1. The number of nitrogens with zero attached hydrogens (tertiary/aromatic N) is 1. The van der Waals surface area contributed by atoms with Gasteiger partial charge in [0.1, 0.15) is 12.6 Å². The molecule has 146 valence electrons. The Labute approximate surface area is 163 Å². The molecular weight excluding hydrogens is 382 g/mol. The van der Waals surface area contributed by atoms with Crippen molar-refractivity contribution in [2.24, 2.45) is 0 Å². The quantitative estimate of drug-likeness (QED) is 0.680. The molecule has 0 aromatic heterocycles. The first-order valence-electron chi connectivity index (χ1n) is 8.24. The smallest absolute Gasteiger partial charge is 0.321 e. The van der Waals surface area contributed by atoms with Gasteiger partial charge in [-0.15, -0.1) is 0 Å². The number of sulfonamides is 1. The summed E-state index contributed by atoms with van der Waals surface area (Å²) in [5.74, 6) is -1.55. The number of benzene rings is 2. The average Bonchev–Trinajstić information content (AvgIpc) is 2.67. The van der Waals surface area contributed by atoms with E-state index in [1.54, 1.807) is 25.1 Å². The standard InChI is InChI=1S/C19H19N3O5S/c1-13-7-8-16(9-14(13)2)28(25,26)21-11-19(24)27-12-18(23)22-17-6-4-3-5-15(17)10-20/h3-9,21H,11-12H2,1-2H3,(H,22,23). The van der Waals surface area contributed by atoms with Crippen LogP contribution in [0.1, 0.15) is 16.7 Å². The Hall–Kier alpha value is -3.22. The van der Waals surface area contributed by atoms with Crippen LogP contribution in [0, 0.1) is 25.2 Å². The van der Waals surface area contributed by atoms with Crippen molar-refractivity contribution in [3.63, 3.8) is 0 Å². The maximum absolute atomic E-state index is 12.2. The molecule has 2 aromatic rings. The van der Waals surface area contributed by atoms with Gasteiger partial charge in [-0.05, 0) is 49.2 Å². The average molecular weight is 401 g/mol. The van der Waals surface area contributed by atoms with Crippen molar-refractivity contribution in [1.82, 2.24) is 4.72 Å². The van der Waals surface area contributed by atoms with Crippen LogP contribution in [0.2, 0.25) is 0 Å². The summed E-state index contributed by atoms with van der Waals surface area (Å²) in [5.41, 5.74) is 2.31. The second-order valence-corrected chi connectivity index (χ2v) is 7.70. The summed E-state index contributed by atoms with van der Waals surface area (Å²) in [4.78, 5) is 23.6. The lowest BCUT2D eigenvalue weighted by Crippen LogP contribution is -2.32. The van der Waals surface area contributed by atoms with E-state index < -0.39 is 35.1 Å². The molecule has 9 heteroatoms. The van der Waals surface area contributed by atoms with Crippen LogP contribution in [0.15, 0.2) is 47.4 Å². The van der Waals surface area contributed by atoms with Crippen molar-refractivity contribution in [1.29, 1.82) is 5.26 Å². The molecule has 0 heterocycles. The number of rotatable bonds is 7. The highest BCUT2D eigenvalue weighted by atomic mass is 32.2. The minimum absolute atomic E-state index is 0.0363. The predicted octanol–water partition coefficient (Wildman–Crippen LogP) is 1.64. The molecule has 1 amide bonds. The molecule has 0 radical (unpaired) electrons. The second kappa shape index (κ2) is 9.12. The fraction of sp³-hybridized carbons (Fsp3) is 0.211. The van der Waals surface area contributed by atoms with Crippen LogP contribution in [0.3, 0.4) is 0 Å². The van der Waals surface area contributed by atoms with E-state index in [0.717, 1.165) is 11.1 Å². The number of anilines is 1. The summed E-state index contributed by atoms with van der Waals surface area (Å²) in [6.45, 7) is 2.42. The number of esters is 1. The van der Waals surface area contributed by atoms with Crippen LogP contribution in [-0.2, 0) is 24.3 Å². The van der Waals surface area contributed by atoms with Gasteiger partial charge in [-0.2, -0.15) is 9.98 Å². The molecule has 0 bridgehead atoms. The molecule has 0 aliphatic carbocycles.